The van der Waals surface area contributed by atoms with Crippen LogP contribution in [0.5, 0.6) is 0 Å². The summed E-state index contributed by atoms with van der Waals surface area (Å²) in [6.07, 6.45) is 0. The Morgan fingerprint density at radius 1 is 0.431 bits per heavy atom. The van der Waals surface area contributed by atoms with E-state index in [9.17, 15) is 0 Å². The van der Waals surface area contributed by atoms with Crippen LogP contribution in [0, 0.1) is 0 Å². The minimum Gasteiger partial charge on any atom is -0.228 e. The predicted molar refractivity (Wildman–Crippen MR) is 214 cm³/mol. The third-order valence-corrected chi connectivity index (χ3v) is 11.7. The fourth-order valence-electron chi connectivity index (χ4n) is 8.18. The van der Waals surface area contributed by atoms with Crippen LogP contribution in [-0.2, 0) is 5.41 Å². The highest BCUT2D eigenvalue weighted by atomic mass is 32.1. The zero-order valence-electron chi connectivity index (χ0n) is 28.0. The Morgan fingerprint density at radius 3 is 1.86 bits per heavy atom. The molecule has 2 aromatic heterocycles. The Labute approximate surface area is 301 Å². The number of thiophene rings is 1. The molecule has 1 unspecified atom stereocenters. The minimum atomic E-state index is -0.332. The first-order chi connectivity index (χ1) is 25.2. The summed E-state index contributed by atoms with van der Waals surface area (Å²) in [7, 11) is 0. The van der Waals surface area contributed by atoms with Crippen LogP contribution in [0.15, 0.2) is 176 Å². The number of fused-ring (bicyclic) bond motifs is 6. The van der Waals surface area contributed by atoms with Gasteiger partial charge < -0.3 is 0 Å². The minimum absolute atomic E-state index is 0.332. The van der Waals surface area contributed by atoms with Crippen LogP contribution in [0.2, 0.25) is 0 Å². The van der Waals surface area contributed by atoms with E-state index < -0.39 is 0 Å². The molecule has 0 radical (unpaired) electrons. The molecule has 2 heterocycles. The maximum absolute atomic E-state index is 5.31. The van der Waals surface area contributed by atoms with Gasteiger partial charge in [-0.2, -0.15) is 0 Å². The van der Waals surface area contributed by atoms with E-state index in [1.54, 1.807) is 0 Å². The number of hydrogen-bond donors (Lipinski definition) is 0. The van der Waals surface area contributed by atoms with Gasteiger partial charge in [0.15, 0.2) is 5.82 Å². The Hall–Kier alpha value is -6.16. The van der Waals surface area contributed by atoms with Crippen LogP contribution in [0.3, 0.4) is 0 Å². The monoisotopic (exact) mass is 668 g/mol. The molecule has 1 aliphatic carbocycles. The van der Waals surface area contributed by atoms with Gasteiger partial charge >= 0.3 is 0 Å². The summed E-state index contributed by atoms with van der Waals surface area (Å²) in [6.45, 7) is 2.39. The smallest absolute Gasteiger partial charge is 0.160 e. The predicted octanol–water partition coefficient (Wildman–Crippen LogP) is 12.8. The van der Waals surface area contributed by atoms with Crippen molar-refractivity contribution in [1.82, 2.24) is 9.97 Å². The third-order valence-electron chi connectivity index (χ3n) is 10.6. The van der Waals surface area contributed by atoms with Gasteiger partial charge in [0.05, 0.1) is 11.4 Å². The lowest BCUT2D eigenvalue weighted by Gasteiger charge is -2.30. The molecule has 0 N–H and O–H groups in total. The molecule has 240 valence electrons. The van der Waals surface area contributed by atoms with Crippen LogP contribution in [-0.4, -0.2) is 9.97 Å². The first kappa shape index (κ1) is 29.7. The lowest BCUT2D eigenvalue weighted by Crippen LogP contribution is -2.23. The van der Waals surface area contributed by atoms with Crippen molar-refractivity contribution in [2.24, 2.45) is 0 Å². The third kappa shape index (κ3) is 4.70. The van der Waals surface area contributed by atoms with E-state index in [1.807, 2.05) is 17.4 Å². The molecule has 0 saturated carbocycles. The topological polar surface area (TPSA) is 25.8 Å². The van der Waals surface area contributed by atoms with E-state index in [4.69, 9.17) is 9.97 Å². The lowest BCUT2D eigenvalue weighted by molar-refractivity contribution is 0.716. The number of aromatic nitrogens is 2. The lowest BCUT2D eigenvalue weighted by atomic mass is 9.71. The molecule has 0 spiro atoms. The Bertz CT molecular complexity index is 2760. The van der Waals surface area contributed by atoms with Gasteiger partial charge in [-0.1, -0.05) is 152 Å². The fraction of sp³-hybridized carbons (Fsp3) is 0.0417. The number of hydrogen-bond acceptors (Lipinski definition) is 3. The van der Waals surface area contributed by atoms with Crippen molar-refractivity contribution in [3.63, 3.8) is 0 Å². The van der Waals surface area contributed by atoms with E-state index >= 15 is 0 Å². The van der Waals surface area contributed by atoms with Crippen LogP contribution >= 0.6 is 11.3 Å². The van der Waals surface area contributed by atoms with Crippen molar-refractivity contribution in [3.8, 4) is 56.2 Å². The van der Waals surface area contributed by atoms with Crippen LogP contribution in [0.25, 0.3) is 76.3 Å². The maximum Gasteiger partial charge on any atom is 0.160 e. The molecule has 2 nitrogen and oxygen atoms in total. The first-order valence-electron chi connectivity index (χ1n) is 17.4. The summed E-state index contributed by atoms with van der Waals surface area (Å²) < 4.78 is 2.58. The van der Waals surface area contributed by atoms with Gasteiger partial charge in [0.1, 0.15) is 0 Å². The van der Waals surface area contributed by atoms with Crippen LogP contribution < -0.4 is 0 Å². The van der Waals surface area contributed by atoms with E-state index in [0.717, 1.165) is 33.6 Å². The van der Waals surface area contributed by atoms with Gasteiger partial charge in [-0.3, -0.25) is 0 Å². The number of nitrogens with zero attached hydrogens (tertiary/aromatic N) is 2. The summed E-state index contributed by atoms with van der Waals surface area (Å²) in [4.78, 5) is 10.5. The van der Waals surface area contributed by atoms with E-state index in [1.165, 1.54) is 53.6 Å². The normalized spacial score (nSPS) is 14.8. The zero-order valence-corrected chi connectivity index (χ0v) is 28.9. The molecule has 9 aromatic rings. The molecule has 3 heteroatoms. The second-order valence-corrected chi connectivity index (χ2v) is 14.5. The van der Waals surface area contributed by atoms with Gasteiger partial charge in [-0.25, -0.2) is 9.97 Å². The van der Waals surface area contributed by atoms with Crippen LogP contribution in [0.1, 0.15) is 23.6 Å². The largest absolute Gasteiger partial charge is 0.228 e. The highest BCUT2D eigenvalue weighted by Crippen LogP contribution is 2.56. The Morgan fingerprint density at radius 2 is 1.04 bits per heavy atom. The number of rotatable bonds is 5. The molecule has 0 fully saturated rings. The van der Waals surface area contributed by atoms with Crippen molar-refractivity contribution in [2.75, 3.05) is 0 Å². The highest BCUT2D eigenvalue weighted by molar-refractivity contribution is 7.25. The van der Waals surface area contributed by atoms with E-state index in [2.05, 4.69) is 177 Å². The standard InChI is InChI=1S/C48H32N2S/c1-48(33-17-6-3-7-18-33)41-25-12-10-20-35(41)39-24-14-23-38(46(39)48)34-19-8-9-21-36(34)43-30-42(49-47(50-43)31-15-4-2-5-16-31)32-27-28-45-40(29-32)37-22-11-13-26-44(37)51-45/h2-30H,1H3. The highest BCUT2D eigenvalue weighted by Gasteiger charge is 2.42. The van der Waals surface area contributed by atoms with Crippen molar-refractivity contribution >= 4 is 31.5 Å². The molecule has 0 saturated heterocycles. The summed E-state index contributed by atoms with van der Waals surface area (Å²) in [6, 6.07) is 63.3. The number of benzene rings is 7. The summed E-state index contributed by atoms with van der Waals surface area (Å²) in [5.41, 5.74) is 13.6. The molecular formula is C48H32N2S. The second kappa shape index (κ2) is 11.7. The maximum atomic E-state index is 5.31. The zero-order chi connectivity index (χ0) is 33.9. The van der Waals surface area contributed by atoms with E-state index in [0.29, 0.717) is 5.82 Å². The average Bonchev–Trinajstić information content (AvgIpc) is 3.71. The summed E-state index contributed by atoms with van der Waals surface area (Å²) in [5, 5.41) is 2.54. The summed E-state index contributed by atoms with van der Waals surface area (Å²) >= 11 is 1.84. The quantitative estimate of drug-likeness (QED) is 0.182. The van der Waals surface area contributed by atoms with Gasteiger partial charge in [-0.05, 0) is 70.1 Å². The van der Waals surface area contributed by atoms with Crippen LogP contribution in [0.4, 0.5) is 0 Å². The van der Waals surface area contributed by atoms with Gasteiger partial charge in [-0.15, -0.1) is 11.3 Å². The Balaban J connectivity index is 1.21. The molecular weight excluding hydrogens is 637 g/mol. The van der Waals surface area contributed by atoms with Crippen molar-refractivity contribution in [2.45, 2.75) is 12.3 Å². The van der Waals surface area contributed by atoms with Crippen molar-refractivity contribution < 1.29 is 0 Å². The van der Waals surface area contributed by atoms with Crippen molar-refractivity contribution in [3.05, 3.63) is 193 Å². The van der Waals surface area contributed by atoms with Gasteiger partial charge in [0, 0.05) is 42.3 Å². The molecule has 1 atom stereocenters. The molecule has 7 aromatic carbocycles. The fourth-order valence-corrected chi connectivity index (χ4v) is 9.26. The summed E-state index contributed by atoms with van der Waals surface area (Å²) in [5.74, 6) is 0.716. The van der Waals surface area contributed by atoms with Gasteiger partial charge in [0.25, 0.3) is 0 Å². The molecule has 0 amide bonds. The SMILES string of the molecule is CC1(c2ccccc2)c2ccccc2-c2cccc(-c3ccccc3-c3cc(-c4ccc5sc6ccccc6c5c4)nc(-c4ccccc4)n3)c21. The molecule has 0 bridgehead atoms. The molecule has 51 heavy (non-hydrogen) atoms. The Kier molecular flexibility index (Phi) is 6.83. The van der Waals surface area contributed by atoms with Gasteiger partial charge in [0.2, 0.25) is 0 Å². The molecule has 10 rings (SSSR count). The average molecular weight is 669 g/mol. The first-order valence-corrected chi connectivity index (χ1v) is 18.2. The van der Waals surface area contributed by atoms with E-state index in [-0.39, 0.29) is 5.41 Å². The molecule has 0 aliphatic heterocycles. The second-order valence-electron chi connectivity index (χ2n) is 13.4. The molecule has 1 aliphatic rings. The van der Waals surface area contributed by atoms with Crippen molar-refractivity contribution in [1.29, 1.82) is 0 Å².